The zero-order valence-corrected chi connectivity index (χ0v) is 13.0. The number of halogens is 1. The van der Waals surface area contributed by atoms with Crippen LogP contribution in [0.15, 0.2) is 24.3 Å². The third kappa shape index (κ3) is 4.61. The number of likely N-dealkylation sites (tertiary alicyclic amines) is 1. The topological polar surface area (TPSA) is 23.6 Å². The van der Waals surface area contributed by atoms with E-state index in [-0.39, 0.29) is 18.0 Å². The number of hydrogen-bond acceptors (Lipinski definition) is 3. The van der Waals surface area contributed by atoms with Crippen LogP contribution >= 0.6 is 0 Å². The van der Waals surface area contributed by atoms with Crippen molar-refractivity contribution in [3.05, 3.63) is 35.6 Å². The molecule has 1 fully saturated rings. The predicted octanol–water partition coefficient (Wildman–Crippen LogP) is 2.35. The van der Waals surface area contributed by atoms with Crippen LogP contribution in [0.5, 0.6) is 0 Å². The van der Waals surface area contributed by atoms with Crippen molar-refractivity contribution in [1.29, 1.82) is 0 Å². The van der Waals surface area contributed by atoms with Gasteiger partial charge in [0.1, 0.15) is 5.82 Å². The number of hydrogen-bond donors (Lipinski definition) is 0. The van der Waals surface area contributed by atoms with Gasteiger partial charge in [-0.05, 0) is 51.2 Å². The number of nitrogens with zero attached hydrogens (tertiary/aromatic N) is 2. The molecule has 1 aromatic rings. The largest absolute Gasteiger partial charge is 0.303 e. The van der Waals surface area contributed by atoms with Crippen molar-refractivity contribution in [2.75, 3.05) is 33.2 Å². The van der Waals surface area contributed by atoms with Crippen LogP contribution in [0.3, 0.4) is 0 Å². The molecule has 0 bridgehead atoms. The van der Waals surface area contributed by atoms with Crippen LogP contribution in [0.1, 0.15) is 25.3 Å². The highest BCUT2D eigenvalue weighted by molar-refractivity contribution is 5.82. The zero-order valence-electron chi connectivity index (χ0n) is 13.0. The van der Waals surface area contributed by atoms with E-state index in [2.05, 4.69) is 16.7 Å². The number of rotatable bonds is 6. The van der Waals surface area contributed by atoms with Gasteiger partial charge in [-0.15, -0.1) is 0 Å². The van der Waals surface area contributed by atoms with Crippen LogP contribution in [0.25, 0.3) is 0 Å². The molecule has 0 aromatic heterocycles. The first kappa shape index (κ1) is 16.1. The van der Waals surface area contributed by atoms with Gasteiger partial charge in [0, 0.05) is 12.5 Å². The van der Waals surface area contributed by atoms with Crippen molar-refractivity contribution in [1.82, 2.24) is 9.80 Å². The molecule has 0 spiro atoms. The summed E-state index contributed by atoms with van der Waals surface area (Å²) in [6, 6.07) is 6.99. The number of piperidine rings is 1. The lowest BCUT2D eigenvalue weighted by Gasteiger charge is -2.36. The molecule has 3 nitrogen and oxygen atoms in total. The van der Waals surface area contributed by atoms with Crippen LogP contribution in [-0.4, -0.2) is 54.9 Å². The van der Waals surface area contributed by atoms with Gasteiger partial charge in [0.2, 0.25) is 0 Å². The molecular formula is C17H25FN2O. The first-order valence-corrected chi connectivity index (χ1v) is 7.78. The Bertz CT molecular complexity index is 470. The minimum absolute atomic E-state index is 0.0838. The van der Waals surface area contributed by atoms with Gasteiger partial charge in [-0.25, -0.2) is 4.39 Å². The summed E-state index contributed by atoms with van der Waals surface area (Å²) in [5.41, 5.74) is 0.497. The highest BCUT2D eigenvalue weighted by Gasteiger charge is 2.23. The average molecular weight is 292 g/mol. The third-order valence-electron chi connectivity index (χ3n) is 4.40. The monoisotopic (exact) mass is 292 g/mol. The molecule has 0 atom stereocenters. The Morgan fingerprint density at radius 3 is 2.62 bits per heavy atom. The Labute approximate surface area is 126 Å². The third-order valence-corrected chi connectivity index (χ3v) is 4.40. The Morgan fingerprint density at radius 2 is 2.00 bits per heavy atom. The Hall–Kier alpha value is -1.26. The van der Waals surface area contributed by atoms with Crippen LogP contribution in [0.4, 0.5) is 4.39 Å². The van der Waals surface area contributed by atoms with Crippen molar-refractivity contribution >= 4 is 5.78 Å². The minimum Gasteiger partial charge on any atom is -0.303 e. The molecule has 1 aromatic carbocycles. The van der Waals surface area contributed by atoms with Crippen LogP contribution in [0.2, 0.25) is 0 Å². The van der Waals surface area contributed by atoms with Crippen molar-refractivity contribution in [2.45, 2.75) is 32.2 Å². The molecule has 116 valence electrons. The predicted molar refractivity (Wildman–Crippen MR) is 82.9 cm³/mol. The van der Waals surface area contributed by atoms with Crippen LogP contribution in [0, 0.1) is 5.82 Å². The lowest BCUT2D eigenvalue weighted by Crippen LogP contribution is -2.44. The summed E-state index contributed by atoms with van der Waals surface area (Å²) < 4.78 is 13.6. The summed E-state index contributed by atoms with van der Waals surface area (Å²) in [5.74, 6) is -0.203. The summed E-state index contributed by atoms with van der Waals surface area (Å²) in [4.78, 5) is 16.7. The molecule has 0 radical (unpaired) electrons. The smallest absolute Gasteiger partial charge is 0.151 e. The Morgan fingerprint density at radius 1 is 1.33 bits per heavy atom. The fourth-order valence-electron chi connectivity index (χ4n) is 2.99. The van der Waals surface area contributed by atoms with Gasteiger partial charge in [0.05, 0.1) is 6.54 Å². The van der Waals surface area contributed by atoms with E-state index < -0.39 is 0 Å². The van der Waals surface area contributed by atoms with Gasteiger partial charge in [-0.2, -0.15) is 0 Å². The fraction of sp³-hybridized carbons (Fsp3) is 0.588. The number of carbonyl (C=O) groups excluding carboxylic acids is 1. The zero-order chi connectivity index (χ0) is 15.2. The van der Waals surface area contributed by atoms with Gasteiger partial charge in [-0.3, -0.25) is 9.69 Å². The van der Waals surface area contributed by atoms with Gasteiger partial charge < -0.3 is 4.90 Å². The van der Waals surface area contributed by atoms with E-state index in [0.29, 0.717) is 18.2 Å². The first-order chi connectivity index (χ1) is 10.1. The SMILES string of the molecule is CCN1CCC(N(C)CC(=O)Cc2ccccc2F)CC1. The van der Waals surface area contributed by atoms with Crippen molar-refractivity contribution < 1.29 is 9.18 Å². The second kappa shape index (κ2) is 7.66. The summed E-state index contributed by atoms with van der Waals surface area (Å²) >= 11 is 0. The van der Waals surface area contributed by atoms with Gasteiger partial charge in [-0.1, -0.05) is 25.1 Å². The number of benzene rings is 1. The maximum atomic E-state index is 13.6. The van der Waals surface area contributed by atoms with Crippen molar-refractivity contribution in [3.8, 4) is 0 Å². The first-order valence-electron chi connectivity index (χ1n) is 7.78. The van der Waals surface area contributed by atoms with E-state index in [9.17, 15) is 9.18 Å². The lowest BCUT2D eigenvalue weighted by atomic mass is 10.0. The second-order valence-corrected chi connectivity index (χ2v) is 5.89. The van der Waals surface area contributed by atoms with Crippen LogP contribution in [-0.2, 0) is 11.2 Å². The molecular weight excluding hydrogens is 267 g/mol. The van der Waals surface area contributed by atoms with E-state index >= 15 is 0 Å². The summed E-state index contributed by atoms with van der Waals surface area (Å²) in [5, 5.41) is 0. The fourth-order valence-corrected chi connectivity index (χ4v) is 2.99. The summed E-state index contributed by atoms with van der Waals surface area (Å²) in [7, 11) is 2.01. The van der Waals surface area contributed by atoms with Crippen LogP contribution < -0.4 is 0 Å². The van der Waals surface area contributed by atoms with Gasteiger partial charge in [0.25, 0.3) is 0 Å². The maximum absolute atomic E-state index is 13.6. The molecule has 0 N–H and O–H groups in total. The van der Waals surface area contributed by atoms with E-state index in [4.69, 9.17) is 0 Å². The average Bonchev–Trinajstić information content (AvgIpc) is 2.49. The summed E-state index contributed by atoms with van der Waals surface area (Å²) in [6.07, 6.45) is 2.40. The molecule has 2 rings (SSSR count). The normalized spacial score (nSPS) is 17.3. The molecule has 0 saturated carbocycles. The molecule has 0 amide bonds. The van der Waals surface area contributed by atoms with E-state index in [1.165, 1.54) is 6.07 Å². The number of likely N-dealkylation sites (N-methyl/N-ethyl adjacent to an activating group) is 1. The number of carbonyl (C=O) groups is 1. The van der Waals surface area contributed by atoms with Crippen molar-refractivity contribution in [2.24, 2.45) is 0 Å². The Kier molecular flexibility index (Phi) is 5.88. The minimum atomic E-state index is -0.287. The van der Waals surface area contributed by atoms with E-state index in [1.807, 2.05) is 7.05 Å². The van der Waals surface area contributed by atoms with E-state index in [1.54, 1.807) is 18.2 Å². The second-order valence-electron chi connectivity index (χ2n) is 5.89. The highest BCUT2D eigenvalue weighted by Crippen LogP contribution is 2.15. The number of ketones is 1. The molecule has 1 saturated heterocycles. The molecule has 0 aliphatic carbocycles. The lowest BCUT2D eigenvalue weighted by molar-refractivity contribution is -0.120. The molecule has 0 unspecified atom stereocenters. The van der Waals surface area contributed by atoms with Crippen molar-refractivity contribution in [3.63, 3.8) is 0 Å². The van der Waals surface area contributed by atoms with E-state index in [0.717, 1.165) is 32.5 Å². The summed E-state index contributed by atoms with van der Waals surface area (Å²) in [6.45, 7) is 5.90. The van der Waals surface area contributed by atoms with Gasteiger partial charge >= 0.3 is 0 Å². The quantitative estimate of drug-likeness (QED) is 0.804. The molecule has 1 heterocycles. The molecule has 1 aliphatic heterocycles. The standard InChI is InChI=1S/C17H25FN2O/c1-3-20-10-8-15(9-11-20)19(2)13-16(21)12-14-6-4-5-7-17(14)18/h4-7,15H,3,8-13H2,1-2H3. The molecule has 1 aliphatic rings. The molecule has 4 heteroatoms. The number of Topliss-reactive ketones (excluding diaryl/α,β-unsaturated/α-hetero) is 1. The maximum Gasteiger partial charge on any atom is 0.151 e. The molecule has 21 heavy (non-hydrogen) atoms. The Balaban J connectivity index is 1.81. The van der Waals surface area contributed by atoms with Gasteiger partial charge in [0.15, 0.2) is 5.78 Å². The highest BCUT2D eigenvalue weighted by atomic mass is 19.1.